The summed E-state index contributed by atoms with van der Waals surface area (Å²) in [6.07, 6.45) is -4.82. The van der Waals surface area contributed by atoms with Crippen molar-refractivity contribution in [1.29, 1.82) is 0 Å². The molecule has 14 heavy (non-hydrogen) atoms. The zero-order valence-corrected chi connectivity index (χ0v) is 7.85. The van der Waals surface area contributed by atoms with Crippen LogP contribution in [-0.4, -0.2) is 25.0 Å². The minimum atomic E-state index is -4.98. The Morgan fingerprint density at radius 2 is 1.86 bits per heavy atom. The molecular weight excluding hydrogens is 201 g/mol. The molecule has 1 unspecified atom stereocenters. The molecule has 0 N–H and O–H groups in total. The Morgan fingerprint density at radius 3 is 2.14 bits per heavy atom. The zero-order chi connectivity index (χ0) is 11.4. The van der Waals surface area contributed by atoms with Gasteiger partial charge in [0.05, 0.1) is 7.11 Å². The molecule has 0 aromatic carbocycles. The van der Waals surface area contributed by atoms with Gasteiger partial charge in [0, 0.05) is 0 Å². The number of esters is 1. The number of halogens is 3. The summed E-state index contributed by atoms with van der Waals surface area (Å²) in [5.41, 5.74) is 0. The maximum absolute atomic E-state index is 12.0. The first kappa shape index (κ1) is 12.9. The Morgan fingerprint density at radius 1 is 1.36 bits per heavy atom. The zero-order valence-electron chi connectivity index (χ0n) is 7.85. The van der Waals surface area contributed by atoms with Gasteiger partial charge in [-0.3, -0.25) is 9.59 Å². The molecule has 0 saturated heterocycles. The van der Waals surface area contributed by atoms with E-state index in [0.717, 1.165) is 7.11 Å². The first-order valence-corrected chi connectivity index (χ1v) is 4.03. The van der Waals surface area contributed by atoms with Gasteiger partial charge in [0.25, 0.3) is 0 Å². The van der Waals surface area contributed by atoms with Gasteiger partial charge in [0.2, 0.25) is 5.78 Å². The van der Waals surface area contributed by atoms with Crippen molar-refractivity contribution in [1.82, 2.24) is 0 Å². The average molecular weight is 212 g/mol. The largest absolute Gasteiger partial charge is 0.468 e. The van der Waals surface area contributed by atoms with Crippen molar-refractivity contribution in [2.24, 2.45) is 5.92 Å². The Hall–Kier alpha value is -1.07. The molecule has 0 radical (unpaired) electrons. The molecule has 0 aromatic heterocycles. The highest BCUT2D eigenvalue weighted by Gasteiger charge is 2.46. The summed E-state index contributed by atoms with van der Waals surface area (Å²) >= 11 is 0. The van der Waals surface area contributed by atoms with Crippen molar-refractivity contribution in [3.05, 3.63) is 0 Å². The lowest BCUT2D eigenvalue weighted by molar-refractivity contribution is -0.180. The molecule has 6 heteroatoms. The van der Waals surface area contributed by atoms with E-state index in [0.29, 0.717) is 6.42 Å². The van der Waals surface area contributed by atoms with Crippen LogP contribution in [0.25, 0.3) is 0 Å². The van der Waals surface area contributed by atoms with Gasteiger partial charge in [0.1, 0.15) is 5.92 Å². The lowest BCUT2D eigenvalue weighted by atomic mass is 9.98. The second kappa shape index (κ2) is 4.97. The molecule has 0 aliphatic heterocycles. The van der Waals surface area contributed by atoms with E-state index in [1.54, 1.807) is 6.92 Å². The lowest BCUT2D eigenvalue weighted by Gasteiger charge is -2.13. The topological polar surface area (TPSA) is 43.4 Å². The number of ether oxygens (including phenoxy) is 1. The van der Waals surface area contributed by atoms with Crippen LogP contribution < -0.4 is 0 Å². The number of methoxy groups -OCH3 is 1. The van der Waals surface area contributed by atoms with E-state index >= 15 is 0 Å². The molecule has 0 aliphatic rings. The van der Waals surface area contributed by atoms with Crippen molar-refractivity contribution >= 4 is 11.8 Å². The normalized spacial score (nSPS) is 13.5. The lowest BCUT2D eigenvalue weighted by Crippen LogP contribution is -2.35. The molecule has 1 atom stereocenters. The fraction of sp³-hybridized carbons (Fsp3) is 0.750. The van der Waals surface area contributed by atoms with E-state index in [-0.39, 0.29) is 6.42 Å². The fourth-order valence-corrected chi connectivity index (χ4v) is 0.984. The summed E-state index contributed by atoms with van der Waals surface area (Å²) < 4.78 is 40.0. The minimum Gasteiger partial charge on any atom is -0.468 e. The number of hydrogen-bond donors (Lipinski definition) is 0. The maximum atomic E-state index is 12.0. The van der Waals surface area contributed by atoms with Crippen LogP contribution in [0.1, 0.15) is 19.8 Å². The summed E-state index contributed by atoms with van der Waals surface area (Å²) in [6.45, 7) is 1.58. The minimum absolute atomic E-state index is 0.148. The molecule has 82 valence electrons. The first-order valence-electron chi connectivity index (χ1n) is 4.03. The Kier molecular flexibility index (Phi) is 4.59. The van der Waals surface area contributed by atoms with Crippen LogP contribution in [0.3, 0.4) is 0 Å². The first-order chi connectivity index (χ1) is 6.34. The highest BCUT2D eigenvalue weighted by atomic mass is 19.4. The van der Waals surface area contributed by atoms with Crippen molar-refractivity contribution in [3.8, 4) is 0 Å². The summed E-state index contributed by atoms with van der Waals surface area (Å²) in [5.74, 6) is -4.88. The number of alkyl halides is 3. The van der Waals surface area contributed by atoms with Crippen LogP contribution in [0.4, 0.5) is 13.2 Å². The molecule has 0 aliphatic carbocycles. The molecule has 0 heterocycles. The Labute approximate surface area is 79.2 Å². The second-order valence-corrected chi connectivity index (χ2v) is 2.73. The van der Waals surface area contributed by atoms with Gasteiger partial charge in [0.15, 0.2) is 0 Å². The Bertz CT molecular complexity index is 222. The summed E-state index contributed by atoms with van der Waals surface area (Å²) in [6, 6.07) is 0. The molecule has 0 bridgehead atoms. The van der Waals surface area contributed by atoms with Crippen LogP contribution in [-0.2, 0) is 14.3 Å². The van der Waals surface area contributed by atoms with Gasteiger partial charge >= 0.3 is 12.1 Å². The van der Waals surface area contributed by atoms with Gasteiger partial charge in [-0.15, -0.1) is 0 Å². The van der Waals surface area contributed by atoms with E-state index in [1.165, 1.54) is 0 Å². The van der Waals surface area contributed by atoms with E-state index in [9.17, 15) is 22.8 Å². The molecule has 0 fully saturated rings. The molecule has 0 amide bonds. The number of rotatable bonds is 4. The van der Waals surface area contributed by atoms with E-state index in [4.69, 9.17) is 0 Å². The molecular formula is C8H11F3O3. The predicted octanol–water partition coefficient (Wildman–Crippen LogP) is 1.71. The van der Waals surface area contributed by atoms with Crippen LogP contribution in [0.15, 0.2) is 0 Å². The fourth-order valence-electron chi connectivity index (χ4n) is 0.984. The number of carbonyl (C=O) groups excluding carboxylic acids is 2. The molecule has 0 rings (SSSR count). The Balaban J connectivity index is 4.66. The monoisotopic (exact) mass is 212 g/mol. The predicted molar refractivity (Wildman–Crippen MR) is 41.5 cm³/mol. The molecule has 0 saturated carbocycles. The molecule has 3 nitrogen and oxygen atoms in total. The number of ketones is 1. The standard InChI is InChI=1S/C8H11F3O3/c1-3-4-5(7(13)14-2)6(12)8(9,10)11/h5H,3-4H2,1-2H3. The third-order valence-electron chi connectivity index (χ3n) is 1.66. The summed E-state index contributed by atoms with van der Waals surface area (Å²) in [4.78, 5) is 21.6. The van der Waals surface area contributed by atoms with Crippen molar-refractivity contribution in [3.63, 3.8) is 0 Å². The van der Waals surface area contributed by atoms with E-state index in [1.807, 2.05) is 0 Å². The van der Waals surface area contributed by atoms with E-state index < -0.39 is 23.8 Å². The number of Topliss-reactive ketones (excluding diaryl/α,β-unsaturated/α-hetero) is 1. The molecule has 0 spiro atoms. The van der Waals surface area contributed by atoms with Crippen LogP contribution in [0, 0.1) is 5.92 Å². The third-order valence-corrected chi connectivity index (χ3v) is 1.66. The SMILES string of the molecule is CCCC(C(=O)OC)C(=O)C(F)(F)F. The van der Waals surface area contributed by atoms with Crippen LogP contribution in [0.5, 0.6) is 0 Å². The maximum Gasteiger partial charge on any atom is 0.450 e. The van der Waals surface area contributed by atoms with Gasteiger partial charge < -0.3 is 4.74 Å². The highest BCUT2D eigenvalue weighted by molar-refractivity contribution is 6.01. The summed E-state index contributed by atoms with van der Waals surface area (Å²) in [5, 5.41) is 0. The quantitative estimate of drug-likeness (QED) is 0.526. The average Bonchev–Trinajstić information content (AvgIpc) is 2.10. The summed E-state index contributed by atoms with van der Waals surface area (Å²) in [7, 11) is 0.953. The number of carbonyl (C=O) groups is 2. The smallest absolute Gasteiger partial charge is 0.450 e. The second-order valence-electron chi connectivity index (χ2n) is 2.73. The van der Waals surface area contributed by atoms with Crippen LogP contribution in [0.2, 0.25) is 0 Å². The molecule has 0 aromatic rings. The van der Waals surface area contributed by atoms with Gasteiger partial charge in [-0.25, -0.2) is 0 Å². The van der Waals surface area contributed by atoms with Gasteiger partial charge in [-0.1, -0.05) is 13.3 Å². The van der Waals surface area contributed by atoms with Crippen LogP contribution >= 0.6 is 0 Å². The number of hydrogen-bond acceptors (Lipinski definition) is 3. The van der Waals surface area contributed by atoms with E-state index in [2.05, 4.69) is 4.74 Å². The van der Waals surface area contributed by atoms with Crippen molar-refractivity contribution in [2.45, 2.75) is 25.9 Å². The van der Waals surface area contributed by atoms with Gasteiger partial charge in [-0.05, 0) is 6.42 Å². The highest BCUT2D eigenvalue weighted by Crippen LogP contribution is 2.24. The van der Waals surface area contributed by atoms with Crippen molar-refractivity contribution in [2.75, 3.05) is 7.11 Å². The van der Waals surface area contributed by atoms with Crippen molar-refractivity contribution < 1.29 is 27.5 Å². The van der Waals surface area contributed by atoms with Gasteiger partial charge in [-0.2, -0.15) is 13.2 Å². The third kappa shape index (κ3) is 3.35.